The normalized spacial score (nSPS) is 11.0. The van der Waals surface area contributed by atoms with Crippen LogP contribution in [0.5, 0.6) is 0 Å². The highest BCUT2D eigenvalue weighted by Crippen LogP contribution is 2.21. The van der Waals surface area contributed by atoms with Gasteiger partial charge < -0.3 is 19.9 Å². The molecule has 5 heteroatoms. The molecule has 0 atom stereocenters. The fourth-order valence-corrected chi connectivity index (χ4v) is 2.36. The summed E-state index contributed by atoms with van der Waals surface area (Å²) in [7, 11) is 1.62. The van der Waals surface area contributed by atoms with Crippen LogP contribution in [0.15, 0.2) is 30.5 Å². The van der Waals surface area contributed by atoms with Crippen LogP contribution in [0.25, 0.3) is 10.9 Å². The molecule has 2 rings (SSSR count). The number of carbonyl (C=O) groups is 1. The van der Waals surface area contributed by atoms with Gasteiger partial charge in [-0.25, -0.2) is 0 Å². The number of benzene rings is 1. The number of nitrogens with zero attached hydrogens (tertiary/aromatic N) is 1. The van der Waals surface area contributed by atoms with Crippen molar-refractivity contribution in [3.05, 3.63) is 36.0 Å². The highest BCUT2D eigenvalue weighted by atomic mass is 16.5. The van der Waals surface area contributed by atoms with Crippen LogP contribution in [0.3, 0.4) is 0 Å². The summed E-state index contributed by atoms with van der Waals surface area (Å²) in [6, 6.07) is 8.17. The number of fused-ring (bicyclic) bond motifs is 1. The first-order valence-electron chi connectivity index (χ1n) is 7.29. The predicted octanol–water partition coefficient (Wildman–Crippen LogP) is 1.51. The van der Waals surface area contributed by atoms with Gasteiger partial charge in [0.2, 0.25) is 5.91 Å². The van der Waals surface area contributed by atoms with E-state index in [1.165, 1.54) is 10.9 Å². The molecule has 21 heavy (non-hydrogen) atoms. The second kappa shape index (κ2) is 7.81. The summed E-state index contributed by atoms with van der Waals surface area (Å²) in [5.74, 6) is 0.00260. The number of rotatable bonds is 8. The summed E-state index contributed by atoms with van der Waals surface area (Å²) < 4.78 is 6.94. The second-order valence-electron chi connectivity index (χ2n) is 4.92. The molecule has 0 aliphatic carbocycles. The van der Waals surface area contributed by atoms with Gasteiger partial charge in [-0.05, 0) is 18.2 Å². The first-order valence-corrected chi connectivity index (χ1v) is 7.29. The number of amides is 1. The SMILES string of the molecule is CCNCc1cn(CC(=O)NCCOC)c2ccccc12. The Hall–Kier alpha value is -1.85. The Kier molecular flexibility index (Phi) is 5.78. The van der Waals surface area contributed by atoms with Crippen LogP contribution >= 0.6 is 0 Å². The lowest BCUT2D eigenvalue weighted by molar-refractivity contribution is -0.121. The maximum atomic E-state index is 12.0. The predicted molar refractivity (Wildman–Crippen MR) is 84.2 cm³/mol. The maximum Gasteiger partial charge on any atom is 0.240 e. The number of hydrogen-bond donors (Lipinski definition) is 2. The third-order valence-electron chi connectivity index (χ3n) is 3.38. The molecule has 0 aliphatic heterocycles. The zero-order valence-corrected chi connectivity index (χ0v) is 12.7. The van der Waals surface area contributed by atoms with Crippen molar-refractivity contribution in [2.75, 3.05) is 26.8 Å². The quantitative estimate of drug-likeness (QED) is 0.724. The van der Waals surface area contributed by atoms with Crippen LogP contribution in [-0.2, 0) is 22.6 Å². The molecular weight excluding hydrogens is 266 g/mol. The molecule has 1 heterocycles. The third kappa shape index (κ3) is 4.06. The van der Waals surface area contributed by atoms with Crippen molar-refractivity contribution in [3.8, 4) is 0 Å². The molecule has 5 nitrogen and oxygen atoms in total. The van der Waals surface area contributed by atoms with Crippen molar-refractivity contribution < 1.29 is 9.53 Å². The van der Waals surface area contributed by atoms with Crippen molar-refractivity contribution >= 4 is 16.8 Å². The number of para-hydroxylation sites is 1. The molecule has 0 aliphatic rings. The van der Waals surface area contributed by atoms with Gasteiger partial charge in [0.1, 0.15) is 6.54 Å². The molecule has 2 aromatic rings. The Morgan fingerprint density at radius 3 is 2.90 bits per heavy atom. The van der Waals surface area contributed by atoms with Crippen LogP contribution in [0.1, 0.15) is 12.5 Å². The zero-order chi connectivity index (χ0) is 15.1. The Bertz CT molecular complexity index is 592. The molecule has 114 valence electrons. The molecule has 1 aromatic carbocycles. The highest BCUT2D eigenvalue weighted by molar-refractivity contribution is 5.86. The van der Waals surface area contributed by atoms with Crippen molar-refractivity contribution in [2.45, 2.75) is 20.0 Å². The lowest BCUT2D eigenvalue weighted by atomic mass is 10.2. The van der Waals surface area contributed by atoms with Gasteiger partial charge in [0, 0.05) is 37.3 Å². The minimum Gasteiger partial charge on any atom is -0.383 e. The Morgan fingerprint density at radius 2 is 2.14 bits per heavy atom. The summed E-state index contributed by atoms with van der Waals surface area (Å²) in [6.45, 7) is 5.23. The number of nitrogens with one attached hydrogen (secondary N) is 2. The molecule has 0 saturated heterocycles. The van der Waals surface area contributed by atoms with Crippen molar-refractivity contribution in [2.24, 2.45) is 0 Å². The monoisotopic (exact) mass is 289 g/mol. The van der Waals surface area contributed by atoms with Crippen molar-refractivity contribution in [3.63, 3.8) is 0 Å². The molecule has 0 radical (unpaired) electrons. The van der Waals surface area contributed by atoms with E-state index < -0.39 is 0 Å². The maximum absolute atomic E-state index is 12.0. The van der Waals surface area contributed by atoms with Gasteiger partial charge >= 0.3 is 0 Å². The smallest absolute Gasteiger partial charge is 0.240 e. The molecule has 0 fully saturated rings. The van der Waals surface area contributed by atoms with E-state index >= 15 is 0 Å². The second-order valence-corrected chi connectivity index (χ2v) is 4.92. The van der Waals surface area contributed by atoms with E-state index in [0.29, 0.717) is 19.7 Å². The molecular formula is C16H23N3O2. The Balaban J connectivity index is 2.13. The lowest BCUT2D eigenvalue weighted by Crippen LogP contribution is -2.30. The van der Waals surface area contributed by atoms with E-state index in [2.05, 4.69) is 29.8 Å². The number of carbonyl (C=O) groups excluding carboxylic acids is 1. The molecule has 1 amide bonds. The van der Waals surface area contributed by atoms with E-state index in [1.807, 2.05) is 22.8 Å². The van der Waals surface area contributed by atoms with Gasteiger partial charge in [-0.3, -0.25) is 4.79 Å². The summed E-state index contributed by atoms with van der Waals surface area (Å²) >= 11 is 0. The summed E-state index contributed by atoms with van der Waals surface area (Å²) in [4.78, 5) is 12.0. The number of hydrogen-bond acceptors (Lipinski definition) is 3. The molecule has 2 N–H and O–H groups in total. The average Bonchev–Trinajstić information content (AvgIpc) is 2.84. The van der Waals surface area contributed by atoms with E-state index in [-0.39, 0.29) is 5.91 Å². The van der Waals surface area contributed by atoms with Crippen LogP contribution in [0.4, 0.5) is 0 Å². The Morgan fingerprint density at radius 1 is 1.33 bits per heavy atom. The lowest BCUT2D eigenvalue weighted by Gasteiger charge is -2.06. The van der Waals surface area contributed by atoms with Gasteiger partial charge in [-0.15, -0.1) is 0 Å². The molecule has 0 spiro atoms. The van der Waals surface area contributed by atoms with E-state index in [4.69, 9.17) is 4.74 Å². The van der Waals surface area contributed by atoms with Gasteiger partial charge in [-0.2, -0.15) is 0 Å². The van der Waals surface area contributed by atoms with E-state index in [9.17, 15) is 4.79 Å². The van der Waals surface area contributed by atoms with E-state index in [1.54, 1.807) is 7.11 Å². The number of methoxy groups -OCH3 is 1. The number of aromatic nitrogens is 1. The average molecular weight is 289 g/mol. The molecule has 1 aromatic heterocycles. The van der Waals surface area contributed by atoms with Crippen molar-refractivity contribution in [1.29, 1.82) is 0 Å². The van der Waals surface area contributed by atoms with Crippen LogP contribution in [0.2, 0.25) is 0 Å². The van der Waals surface area contributed by atoms with Gasteiger partial charge in [0.15, 0.2) is 0 Å². The Labute approximate surface area is 125 Å². The topological polar surface area (TPSA) is 55.3 Å². The summed E-state index contributed by atoms with van der Waals surface area (Å²) in [5.41, 5.74) is 2.31. The fourth-order valence-electron chi connectivity index (χ4n) is 2.36. The first-order chi connectivity index (χ1) is 10.3. The first kappa shape index (κ1) is 15.5. The molecule has 0 bridgehead atoms. The molecule has 0 saturated carbocycles. The van der Waals surface area contributed by atoms with Gasteiger partial charge in [0.25, 0.3) is 0 Å². The zero-order valence-electron chi connectivity index (χ0n) is 12.7. The largest absolute Gasteiger partial charge is 0.383 e. The highest BCUT2D eigenvalue weighted by Gasteiger charge is 2.10. The minimum atomic E-state index is 0.00260. The number of ether oxygens (including phenoxy) is 1. The van der Waals surface area contributed by atoms with Crippen LogP contribution in [0, 0.1) is 0 Å². The summed E-state index contributed by atoms with van der Waals surface area (Å²) in [6.07, 6.45) is 2.06. The van der Waals surface area contributed by atoms with Crippen molar-refractivity contribution in [1.82, 2.24) is 15.2 Å². The van der Waals surface area contributed by atoms with Crippen LogP contribution < -0.4 is 10.6 Å². The van der Waals surface area contributed by atoms with E-state index in [0.717, 1.165) is 18.6 Å². The standard InChI is InChI=1S/C16H23N3O2/c1-3-17-10-13-11-19(12-16(20)18-8-9-21-2)15-7-5-4-6-14(13)15/h4-7,11,17H,3,8-10,12H2,1-2H3,(H,18,20). The van der Waals surface area contributed by atoms with Crippen LogP contribution in [-0.4, -0.2) is 37.3 Å². The minimum absolute atomic E-state index is 0.00260. The van der Waals surface area contributed by atoms with Gasteiger partial charge in [-0.1, -0.05) is 25.1 Å². The van der Waals surface area contributed by atoms with Gasteiger partial charge in [0.05, 0.1) is 6.61 Å². The summed E-state index contributed by atoms with van der Waals surface area (Å²) in [5, 5.41) is 7.38. The third-order valence-corrected chi connectivity index (χ3v) is 3.38. The fraction of sp³-hybridized carbons (Fsp3) is 0.438. The molecule has 0 unspecified atom stereocenters.